The summed E-state index contributed by atoms with van der Waals surface area (Å²) in [7, 11) is 0. The lowest BCUT2D eigenvalue weighted by molar-refractivity contribution is 0.472. The molecule has 2 rings (SSSR count). The van der Waals surface area contributed by atoms with Crippen molar-refractivity contribution in [2.24, 2.45) is 5.92 Å². The van der Waals surface area contributed by atoms with E-state index in [1.54, 1.807) is 18.3 Å². The van der Waals surface area contributed by atoms with Crippen molar-refractivity contribution in [1.82, 2.24) is 14.8 Å². The molecular weight excluding hydrogens is 226 g/mol. The van der Waals surface area contributed by atoms with E-state index in [1.807, 2.05) is 18.2 Å². The van der Waals surface area contributed by atoms with Crippen LogP contribution in [0.5, 0.6) is 0 Å². The van der Waals surface area contributed by atoms with Crippen LogP contribution < -0.4 is 5.56 Å². The molecule has 0 radical (unpaired) electrons. The number of aromatic nitrogens is 3. The van der Waals surface area contributed by atoms with E-state index in [1.165, 1.54) is 4.68 Å². The molecule has 4 nitrogen and oxygen atoms in total. The Kier molecular flexibility index (Phi) is 3.87. The van der Waals surface area contributed by atoms with Gasteiger partial charge in [0.2, 0.25) is 0 Å². The molecule has 4 heteroatoms. The molecule has 0 bridgehead atoms. The molecule has 0 atom stereocenters. The van der Waals surface area contributed by atoms with Crippen LogP contribution in [0.2, 0.25) is 0 Å². The van der Waals surface area contributed by atoms with Crippen LogP contribution in [0, 0.1) is 5.92 Å². The van der Waals surface area contributed by atoms with Crippen LogP contribution in [-0.4, -0.2) is 14.8 Å². The Bertz CT molecular complexity index is 561. The monoisotopic (exact) mass is 243 g/mol. The van der Waals surface area contributed by atoms with Crippen LogP contribution in [0.4, 0.5) is 0 Å². The summed E-state index contributed by atoms with van der Waals surface area (Å²) >= 11 is 0. The third-order valence-electron chi connectivity index (χ3n) is 2.71. The Morgan fingerprint density at radius 2 is 2.00 bits per heavy atom. The molecule has 0 saturated carbocycles. The van der Waals surface area contributed by atoms with Crippen LogP contribution >= 0.6 is 0 Å². The molecule has 0 N–H and O–H groups in total. The van der Waals surface area contributed by atoms with E-state index >= 15 is 0 Å². The number of pyridine rings is 1. The second-order valence-corrected chi connectivity index (χ2v) is 4.68. The molecule has 0 saturated heterocycles. The summed E-state index contributed by atoms with van der Waals surface area (Å²) in [6.07, 6.45) is 2.67. The maximum atomic E-state index is 11.7. The van der Waals surface area contributed by atoms with Gasteiger partial charge in [0.1, 0.15) is 5.69 Å². The van der Waals surface area contributed by atoms with Crippen LogP contribution in [0.25, 0.3) is 11.4 Å². The minimum absolute atomic E-state index is 0.0599. The van der Waals surface area contributed by atoms with E-state index in [0.29, 0.717) is 12.5 Å². The molecule has 94 valence electrons. The Hall–Kier alpha value is -1.97. The fourth-order valence-corrected chi connectivity index (χ4v) is 1.64. The molecule has 0 fully saturated rings. The molecule has 0 aliphatic carbocycles. The maximum Gasteiger partial charge on any atom is 0.266 e. The predicted molar refractivity (Wildman–Crippen MR) is 71.2 cm³/mol. The van der Waals surface area contributed by atoms with Gasteiger partial charge in [-0.25, -0.2) is 4.68 Å². The number of rotatable bonds is 4. The Morgan fingerprint density at radius 3 is 2.67 bits per heavy atom. The third kappa shape index (κ3) is 3.03. The van der Waals surface area contributed by atoms with Crippen molar-refractivity contribution < 1.29 is 0 Å². The molecular formula is C14H17N3O. The Morgan fingerprint density at radius 1 is 1.17 bits per heavy atom. The highest BCUT2D eigenvalue weighted by atomic mass is 16.1. The van der Waals surface area contributed by atoms with Crippen molar-refractivity contribution in [3.05, 3.63) is 46.9 Å². The summed E-state index contributed by atoms with van der Waals surface area (Å²) in [5.74, 6) is 0.553. The van der Waals surface area contributed by atoms with E-state index in [0.717, 1.165) is 17.8 Å². The molecule has 2 heterocycles. The van der Waals surface area contributed by atoms with Crippen LogP contribution in [-0.2, 0) is 6.54 Å². The quantitative estimate of drug-likeness (QED) is 0.828. The van der Waals surface area contributed by atoms with Gasteiger partial charge >= 0.3 is 0 Å². The molecule has 2 aromatic heterocycles. The van der Waals surface area contributed by atoms with Crippen LogP contribution in [0.15, 0.2) is 41.3 Å². The lowest BCUT2D eigenvalue weighted by Crippen LogP contribution is -2.23. The molecule has 0 aliphatic heterocycles. The fraction of sp³-hybridized carbons (Fsp3) is 0.357. The maximum absolute atomic E-state index is 11.7. The molecule has 0 amide bonds. The molecule has 2 aromatic rings. The number of hydrogen-bond donors (Lipinski definition) is 0. The van der Waals surface area contributed by atoms with Gasteiger partial charge in [-0.1, -0.05) is 19.9 Å². The van der Waals surface area contributed by atoms with Crippen molar-refractivity contribution in [1.29, 1.82) is 0 Å². The van der Waals surface area contributed by atoms with E-state index in [9.17, 15) is 4.79 Å². The average Bonchev–Trinajstić information content (AvgIpc) is 2.38. The number of nitrogens with zero attached hydrogens (tertiary/aromatic N) is 3. The number of hydrogen-bond acceptors (Lipinski definition) is 3. The van der Waals surface area contributed by atoms with Gasteiger partial charge in [-0.15, -0.1) is 0 Å². The van der Waals surface area contributed by atoms with Gasteiger partial charge in [0.25, 0.3) is 5.56 Å². The second-order valence-electron chi connectivity index (χ2n) is 4.68. The number of aryl methyl sites for hydroxylation is 1. The van der Waals surface area contributed by atoms with Crippen molar-refractivity contribution in [2.45, 2.75) is 26.8 Å². The van der Waals surface area contributed by atoms with Gasteiger partial charge in [-0.2, -0.15) is 5.10 Å². The summed E-state index contributed by atoms with van der Waals surface area (Å²) < 4.78 is 1.52. The van der Waals surface area contributed by atoms with E-state index in [2.05, 4.69) is 23.9 Å². The molecule has 18 heavy (non-hydrogen) atoms. The first-order valence-corrected chi connectivity index (χ1v) is 6.16. The van der Waals surface area contributed by atoms with Gasteiger partial charge in [-0.05, 0) is 30.5 Å². The molecule has 0 unspecified atom stereocenters. The normalized spacial score (nSPS) is 10.8. The van der Waals surface area contributed by atoms with Gasteiger partial charge in [0, 0.05) is 18.8 Å². The minimum Gasteiger partial charge on any atom is -0.268 e. The predicted octanol–water partition coefficient (Wildman–Crippen LogP) is 2.35. The van der Waals surface area contributed by atoms with Gasteiger partial charge in [-0.3, -0.25) is 9.78 Å². The molecule has 0 aromatic carbocycles. The minimum atomic E-state index is -0.0599. The zero-order valence-corrected chi connectivity index (χ0v) is 10.7. The lowest BCUT2D eigenvalue weighted by atomic mass is 10.1. The van der Waals surface area contributed by atoms with Gasteiger partial charge in [0.05, 0.1) is 5.69 Å². The first kappa shape index (κ1) is 12.5. The third-order valence-corrected chi connectivity index (χ3v) is 2.71. The zero-order chi connectivity index (χ0) is 13.0. The lowest BCUT2D eigenvalue weighted by Gasteiger charge is -2.08. The van der Waals surface area contributed by atoms with E-state index < -0.39 is 0 Å². The average molecular weight is 243 g/mol. The van der Waals surface area contributed by atoms with E-state index in [4.69, 9.17) is 0 Å². The summed E-state index contributed by atoms with van der Waals surface area (Å²) in [6.45, 7) is 4.92. The molecule has 0 aliphatic rings. The smallest absolute Gasteiger partial charge is 0.266 e. The zero-order valence-electron chi connectivity index (χ0n) is 10.7. The molecule has 0 spiro atoms. The van der Waals surface area contributed by atoms with Gasteiger partial charge in [0.15, 0.2) is 0 Å². The fourth-order valence-electron chi connectivity index (χ4n) is 1.64. The Labute approximate surface area is 106 Å². The van der Waals surface area contributed by atoms with Crippen molar-refractivity contribution in [2.75, 3.05) is 0 Å². The Balaban J connectivity index is 2.29. The second kappa shape index (κ2) is 5.58. The highest BCUT2D eigenvalue weighted by molar-refractivity contribution is 5.52. The van der Waals surface area contributed by atoms with Gasteiger partial charge < -0.3 is 0 Å². The van der Waals surface area contributed by atoms with Crippen LogP contribution in [0.1, 0.15) is 20.3 Å². The summed E-state index contributed by atoms with van der Waals surface area (Å²) in [5, 5.41) is 4.36. The standard InChI is InChI=1S/C14H17N3O/c1-11(2)8-10-17-14(18)7-6-13(16-17)12-5-3-4-9-15-12/h3-7,9,11H,8,10H2,1-2H3. The highest BCUT2D eigenvalue weighted by Crippen LogP contribution is 2.11. The largest absolute Gasteiger partial charge is 0.268 e. The topological polar surface area (TPSA) is 47.8 Å². The summed E-state index contributed by atoms with van der Waals surface area (Å²) in [4.78, 5) is 15.9. The summed E-state index contributed by atoms with van der Waals surface area (Å²) in [5.41, 5.74) is 1.46. The first-order valence-electron chi connectivity index (χ1n) is 6.16. The first-order chi connectivity index (χ1) is 8.66. The van der Waals surface area contributed by atoms with Crippen molar-refractivity contribution in [3.63, 3.8) is 0 Å². The van der Waals surface area contributed by atoms with E-state index in [-0.39, 0.29) is 5.56 Å². The SMILES string of the molecule is CC(C)CCn1nc(-c2ccccn2)ccc1=O. The van der Waals surface area contributed by atoms with Crippen molar-refractivity contribution >= 4 is 0 Å². The van der Waals surface area contributed by atoms with Crippen molar-refractivity contribution in [3.8, 4) is 11.4 Å². The van der Waals surface area contributed by atoms with Crippen LogP contribution in [0.3, 0.4) is 0 Å². The summed E-state index contributed by atoms with van der Waals surface area (Å²) in [6, 6.07) is 8.93. The highest BCUT2D eigenvalue weighted by Gasteiger charge is 2.04.